The Bertz CT molecular complexity index is 846. The molecule has 142 valence electrons. The molecular formula is C20H24N4O2S. The van der Waals surface area contributed by atoms with Gasteiger partial charge in [0.25, 0.3) is 0 Å². The van der Waals surface area contributed by atoms with Gasteiger partial charge in [0.05, 0.1) is 0 Å². The zero-order valence-electron chi connectivity index (χ0n) is 15.5. The van der Waals surface area contributed by atoms with E-state index in [4.69, 9.17) is 0 Å². The van der Waals surface area contributed by atoms with Gasteiger partial charge in [-0.15, -0.1) is 10.2 Å². The molecule has 6 nitrogen and oxygen atoms in total. The Kier molecular flexibility index (Phi) is 5.20. The molecule has 4 rings (SSSR count). The highest BCUT2D eigenvalue weighted by Gasteiger charge is 2.37. The molecule has 7 heteroatoms. The van der Waals surface area contributed by atoms with Gasteiger partial charge in [0.1, 0.15) is 16.1 Å². The van der Waals surface area contributed by atoms with Gasteiger partial charge in [-0.2, -0.15) is 0 Å². The number of hydrogen-bond donors (Lipinski definition) is 1. The number of hydrogen-bond acceptors (Lipinski definition) is 5. The van der Waals surface area contributed by atoms with Crippen molar-refractivity contribution in [2.75, 3.05) is 11.9 Å². The second kappa shape index (κ2) is 7.76. The van der Waals surface area contributed by atoms with E-state index in [-0.39, 0.29) is 23.8 Å². The highest BCUT2D eigenvalue weighted by atomic mass is 32.1. The summed E-state index contributed by atoms with van der Waals surface area (Å²) >= 11 is 1.53. The molecule has 1 aliphatic carbocycles. The largest absolute Gasteiger partial charge is 0.330 e. The van der Waals surface area contributed by atoms with Gasteiger partial charge in [-0.25, -0.2) is 0 Å². The summed E-state index contributed by atoms with van der Waals surface area (Å²) in [6.45, 7) is 2.61. The molecule has 0 bridgehead atoms. The molecule has 1 atom stereocenters. The molecular weight excluding hydrogens is 360 g/mol. The number of carbonyl (C=O) groups excluding carboxylic acids is 2. The second-order valence-corrected chi connectivity index (χ2v) is 8.55. The van der Waals surface area contributed by atoms with E-state index in [9.17, 15) is 9.59 Å². The zero-order valence-corrected chi connectivity index (χ0v) is 16.3. The standard InChI is InChI=1S/C20H24N4O2S/c1-13-22-23-19(27-13)15-8-5-9-16(12-15)21-18(25)17-10-2-3-11-24(17)20(26)14-6-4-7-14/h5,8-9,12,14,17H,2-4,6-7,10-11H2,1H3,(H,21,25)/t17-/m1/s1. The number of piperidine rings is 1. The number of aryl methyl sites for hydroxylation is 1. The molecule has 1 aromatic carbocycles. The smallest absolute Gasteiger partial charge is 0.247 e. The first kappa shape index (κ1) is 18.1. The quantitative estimate of drug-likeness (QED) is 0.873. The van der Waals surface area contributed by atoms with Crippen molar-refractivity contribution in [2.24, 2.45) is 5.92 Å². The fourth-order valence-corrected chi connectivity index (χ4v) is 4.41. The van der Waals surface area contributed by atoms with Crippen molar-refractivity contribution >= 4 is 28.8 Å². The Hall–Kier alpha value is -2.28. The summed E-state index contributed by atoms with van der Waals surface area (Å²) in [5, 5.41) is 13.0. The number of nitrogens with one attached hydrogen (secondary N) is 1. The van der Waals surface area contributed by atoms with Crippen molar-refractivity contribution in [3.63, 3.8) is 0 Å². The van der Waals surface area contributed by atoms with E-state index in [1.807, 2.05) is 36.1 Å². The number of nitrogens with zero attached hydrogens (tertiary/aromatic N) is 3. The Balaban J connectivity index is 1.48. The van der Waals surface area contributed by atoms with E-state index >= 15 is 0 Å². The van der Waals surface area contributed by atoms with Gasteiger partial charge in [0.2, 0.25) is 11.8 Å². The maximum Gasteiger partial charge on any atom is 0.247 e. The van der Waals surface area contributed by atoms with Crippen LogP contribution >= 0.6 is 11.3 Å². The van der Waals surface area contributed by atoms with Crippen LogP contribution in [0.4, 0.5) is 5.69 Å². The first-order chi connectivity index (χ1) is 13.1. The lowest BCUT2D eigenvalue weighted by atomic mass is 9.83. The molecule has 1 N–H and O–H groups in total. The minimum Gasteiger partial charge on any atom is -0.330 e. The lowest BCUT2D eigenvalue weighted by Crippen LogP contribution is -2.52. The van der Waals surface area contributed by atoms with Gasteiger partial charge in [-0.05, 0) is 51.2 Å². The van der Waals surface area contributed by atoms with Crippen molar-refractivity contribution < 1.29 is 9.59 Å². The highest BCUT2D eigenvalue weighted by molar-refractivity contribution is 7.14. The lowest BCUT2D eigenvalue weighted by Gasteiger charge is -2.39. The molecule has 2 aromatic rings. The molecule has 2 heterocycles. The Morgan fingerprint density at radius 1 is 1.15 bits per heavy atom. The Morgan fingerprint density at radius 3 is 2.70 bits per heavy atom. The number of carbonyl (C=O) groups is 2. The maximum absolute atomic E-state index is 12.9. The third-order valence-corrected chi connectivity index (χ3v) is 6.33. The van der Waals surface area contributed by atoms with Crippen LogP contribution in [0.25, 0.3) is 10.6 Å². The van der Waals surface area contributed by atoms with Crippen molar-refractivity contribution in [1.82, 2.24) is 15.1 Å². The number of rotatable bonds is 4. The summed E-state index contributed by atoms with van der Waals surface area (Å²) in [4.78, 5) is 27.5. The Morgan fingerprint density at radius 2 is 2.00 bits per heavy atom. The monoisotopic (exact) mass is 384 g/mol. The molecule has 1 aromatic heterocycles. The van der Waals surface area contributed by atoms with E-state index in [0.717, 1.165) is 59.8 Å². The van der Waals surface area contributed by atoms with E-state index in [1.54, 1.807) is 0 Å². The fraction of sp³-hybridized carbons (Fsp3) is 0.500. The summed E-state index contributed by atoms with van der Waals surface area (Å²) < 4.78 is 0. The third kappa shape index (κ3) is 3.88. The lowest BCUT2D eigenvalue weighted by molar-refractivity contribution is -0.146. The summed E-state index contributed by atoms with van der Waals surface area (Å²) in [5.74, 6) is 0.203. The third-order valence-electron chi connectivity index (χ3n) is 5.45. The average Bonchev–Trinajstić information content (AvgIpc) is 3.07. The van der Waals surface area contributed by atoms with Crippen molar-refractivity contribution in [1.29, 1.82) is 0 Å². The fourth-order valence-electron chi connectivity index (χ4n) is 3.73. The number of aromatic nitrogens is 2. The van der Waals surface area contributed by atoms with Crippen molar-refractivity contribution in [3.05, 3.63) is 29.3 Å². The van der Waals surface area contributed by atoms with Crippen molar-refractivity contribution in [2.45, 2.75) is 51.5 Å². The number of likely N-dealkylation sites (tertiary alicyclic amines) is 1. The van der Waals surface area contributed by atoms with Crippen LogP contribution in [-0.2, 0) is 9.59 Å². The van der Waals surface area contributed by atoms with Gasteiger partial charge >= 0.3 is 0 Å². The van der Waals surface area contributed by atoms with Crippen LogP contribution in [0.15, 0.2) is 24.3 Å². The normalized spacial score (nSPS) is 20.2. The second-order valence-electron chi connectivity index (χ2n) is 7.37. The molecule has 0 radical (unpaired) electrons. The summed E-state index contributed by atoms with van der Waals surface area (Å²) in [5.41, 5.74) is 1.66. The van der Waals surface area contributed by atoms with E-state index in [0.29, 0.717) is 6.54 Å². The summed E-state index contributed by atoms with van der Waals surface area (Å²) in [6.07, 6.45) is 5.75. The van der Waals surface area contributed by atoms with Crippen LogP contribution in [0.2, 0.25) is 0 Å². The Labute approximate surface area is 163 Å². The van der Waals surface area contributed by atoms with E-state index in [2.05, 4.69) is 15.5 Å². The SMILES string of the molecule is Cc1nnc(-c2cccc(NC(=O)[C@H]3CCCCN3C(=O)C3CCC3)c2)s1. The summed E-state index contributed by atoms with van der Waals surface area (Å²) in [6, 6.07) is 7.29. The summed E-state index contributed by atoms with van der Waals surface area (Å²) in [7, 11) is 0. The molecule has 2 aliphatic rings. The van der Waals surface area contributed by atoms with Crippen molar-refractivity contribution in [3.8, 4) is 10.6 Å². The number of anilines is 1. The molecule has 2 fully saturated rings. The predicted octanol–water partition coefficient (Wildman–Crippen LogP) is 3.63. The molecule has 1 saturated heterocycles. The topological polar surface area (TPSA) is 75.2 Å². The molecule has 1 aliphatic heterocycles. The van der Waals surface area contributed by atoms with Gasteiger partial charge in [0, 0.05) is 23.7 Å². The molecule has 2 amide bonds. The van der Waals surface area contributed by atoms with E-state index < -0.39 is 0 Å². The predicted molar refractivity (Wildman–Crippen MR) is 105 cm³/mol. The number of benzene rings is 1. The molecule has 1 saturated carbocycles. The first-order valence-electron chi connectivity index (χ1n) is 9.64. The maximum atomic E-state index is 12.9. The van der Waals surface area contributed by atoms with Gasteiger partial charge in [-0.3, -0.25) is 9.59 Å². The van der Waals surface area contributed by atoms with Gasteiger partial charge in [-0.1, -0.05) is 29.9 Å². The van der Waals surface area contributed by atoms with Gasteiger partial charge < -0.3 is 10.2 Å². The molecule has 27 heavy (non-hydrogen) atoms. The minimum absolute atomic E-state index is 0.0898. The molecule has 0 unspecified atom stereocenters. The van der Waals surface area contributed by atoms with Crippen LogP contribution in [0.1, 0.15) is 43.5 Å². The van der Waals surface area contributed by atoms with Crippen LogP contribution in [0, 0.1) is 12.8 Å². The minimum atomic E-state index is -0.362. The van der Waals surface area contributed by atoms with E-state index in [1.165, 1.54) is 11.3 Å². The molecule has 0 spiro atoms. The van der Waals surface area contributed by atoms with Crippen LogP contribution < -0.4 is 5.32 Å². The zero-order chi connectivity index (χ0) is 18.8. The highest BCUT2D eigenvalue weighted by Crippen LogP contribution is 2.31. The first-order valence-corrected chi connectivity index (χ1v) is 10.5. The van der Waals surface area contributed by atoms with Crippen LogP contribution in [0.5, 0.6) is 0 Å². The van der Waals surface area contributed by atoms with Crippen LogP contribution in [0.3, 0.4) is 0 Å². The average molecular weight is 385 g/mol. The van der Waals surface area contributed by atoms with Crippen LogP contribution in [-0.4, -0.2) is 39.5 Å². The number of amides is 2. The van der Waals surface area contributed by atoms with Gasteiger partial charge in [0.15, 0.2) is 0 Å².